The van der Waals surface area contributed by atoms with Crippen LogP contribution in [0, 0.1) is 5.92 Å². The first-order valence-electron chi connectivity index (χ1n) is 6.80. The Morgan fingerprint density at radius 3 is 2.89 bits per heavy atom. The van der Waals surface area contributed by atoms with E-state index < -0.39 is 0 Å². The highest BCUT2D eigenvalue weighted by Gasteiger charge is 2.25. The van der Waals surface area contributed by atoms with Gasteiger partial charge in [0, 0.05) is 12.6 Å². The normalized spacial score (nSPS) is 22.1. The first-order chi connectivity index (χ1) is 8.74. The predicted octanol–water partition coefficient (Wildman–Crippen LogP) is 1.91. The van der Waals surface area contributed by atoms with Gasteiger partial charge in [-0.15, -0.1) is 0 Å². The summed E-state index contributed by atoms with van der Waals surface area (Å²) < 4.78 is 5.41. The van der Waals surface area contributed by atoms with Crippen LogP contribution < -0.4 is 10.5 Å². The van der Waals surface area contributed by atoms with Gasteiger partial charge in [-0.05, 0) is 50.4 Å². The molecular weight excluding hydrogens is 224 g/mol. The molecule has 0 bridgehead atoms. The van der Waals surface area contributed by atoms with Crippen molar-refractivity contribution < 1.29 is 4.74 Å². The number of benzene rings is 1. The van der Waals surface area contributed by atoms with Crippen LogP contribution in [0.3, 0.4) is 0 Å². The lowest BCUT2D eigenvalue weighted by atomic mass is 10.0. The van der Waals surface area contributed by atoms with Crippen molar-refractivity contribution in [2.24, 2.45) is 11.7 Å². The lowest BCUT2D eigenvalue weighted by molar-refractivity contribution is 0.247. The lowest BCUT2D eigenvalue weighted by Gasteiger charge is -2.25. The Balaban J connectivity index is 1.96. The zero-order chi connectivity index (χ0) is 13.0. The molecule has 1 saturated heterocycles. The van der Waals surface area contributed by atoms with Gasteiger partial charge in [-0.2, -0.15) is 0 Å². The summed E-state index contributed by atoms with van der Waals surface area (Å²) in [6.07, 6.45) is 2.29. The summed E-state index contributed by atoms with van der Waals surface area (Å²) in [5.74, 6) is 1.68. The topological polar surface area (TPSA) is 38.5 Å². The third-order valence-corrected chi connectivity index (χ3v) is 3.98. The minimum absolute atomic E-state index is 0.554. The van der Waals surface area contributed by atoms with Crippen molar-refractivity contribution in [3.05, 3.63) is 29.8 Å². The molecule has 1 aromatic rings. The Morgan fingerprint density at radius 2 is 2.22 bits per heavy atom. The first kappa shape index (κ1) is 13.4. The van der Waals surface area contributed by atoms with Crippen molar-refractivity contribution >= 4 is 0 Å². The van der Waals surface area contributed by atoms with Crippen LogP contribution in [0.15, 0.2) is 24.3 Å². The monoisotopic (exact) mass is 248 g/mol. The number of para-hydroxylation sites is 1. The highest BCUT2D eigenvalue weighted by atomic mass is 16.5. The molecule has 100 valence electrons. The number of ether oxygens (including phenoxy) is 1. The second kappa shape index (κ2) is 6.21. The standard InChI is InChI=1S/C15H24N2O/c1-12(17-8-7-13(10-16)11-17)9-14-5-3-4-6-15(14)18-2/h3-6,12-13H,7-11,16H2,1-2H3. The Hall–Kier alpha value is -1.06. The van der Waals surface area contributed by atoms with Gasteiger partial charge in [-0.25, -0.2) is 0 Å². The number of hydrogen-bond acceptors (Lipinski definition) is 3. The van der Waals surface area contributed by atoms with Gasteiger partial charge < -0.3 is 10.5 Å². The molecule has 18 heavy (non-hydrogen) atoms. The van der Waals surface area contributed by atoms with E-state index in [2.05, 4.69) is 24.0 Å². The molecule has 1 aromatic carbocycles. The zero-order valence-electron chi connectivity index (χ0n) is 11.4. The molecule has 2 rings (SSSR count). The Morgan fingerprint density at radius 1 is 1.44 bits per heavy atom. The molecule has 2 unspecified atom stereocenters. The molecule has 0 aliphatic carbocycles. The highest BCUT2D eigenvalue weighted by molar-refractivity contribution is 5.33. The third-order valence-electron chi connectivity index (χ3n) is 3.98. The van der Waals surface area contributed by atoms with Gasteiger partial charge in [0.15, 0.2) is 0 Å². The summed E-state index contributed by atoms with van der Waals surface area (Å²) in [6, 6.07) is 8.85. The van der Waals surface area contributed by atoms with E-state index in [-0.39, 0.29) is 0 Å². The summed E-state index contributed by atoms with van der Waals surface area (Å²) in [7, 11) is 1.74. The Bertz CT molecular complexity index is 381. The molecule has 0 amide bonds. The molecule has 0 radical (unpaired) electrons. The van der Waals surface area contributed by atoms with Crippen LogP contribution in [-0.2, 0) is 6.42 Å². The summed E-state index contributed by atoms with van der Waals surface area (Å²) in [5, 5.41) is 0. The summed E-state index contributed by atoms with van der Waals surface area (Å²) >= 11 is 0. The van der Waals surface area contributed by atoms with E-state index in [1.807, 2.05) is 12.1 Å². The molecule has 1 aliphatic heterocycles. The molecule has 2 atom stereocenters. The minimum Gasteiger partial charge on any atom is -0.496 e. The average molecular weight is 248 g/mol. The number of hydrogen-bond donors (Lipinski definition) is 1. The molecule has 3 heteroatoms. The van der Waals surface area contributed by atoms with Crippen molar-refractivity contribution in [1.82, 2.24) is 4.90 Å². The van der Waals surface area contributed by atoms with Gasteiger partial charge in [0.1, 0.15) is 5.75 Å². The minimum atomic E-state index is 0.554. The largest absolute Gasteiger partial charge is 0.496 e. The highest BCUT2D eigenvalue weighted by Crippen LogP contribution is 2.23. The van der Waals surface area contributed by atoms with E-state index >= 15 is 0 Å². The fourth-order valence-corrected chi connectivity index (χ4v) is 2.77. The number of likely N-dealkylation sites (tertiary alicyclic amines) is 1. The van der Waals surface area contributed by atoms with Crippen LogP contribution in [-0.4, -0.2) is 37.7 Å². The van der Waals surface area contributed by atoms with Crippen molar-refractivity contribution in [3.8, 4) is 5.75 Å². The van der Waals surface area contributed by atoms with Crippen LogP contribution in [0.25, 0.3) is 0 Å². The van der Waals surface area contributed by atoms with E-state index in [1.165, 1.54) is 18.5 Å². The van der Waals surface area contributed by atoms with Crippen LogP contribution in [0.4, 0.5) is 0 Å². The fourth-order valence-electron chi connectivity index (χ4n) is 2.77. The molecule has 0 saturated carbocycles. The molecule has 1 fully saturated rings. The van der Waals surface area contributed by atoms with Gasteiger partial charge in [0.25, 0.3) is 0 Å². The lowest BCUT2D eigenvalue weighted by Crippen LogP contribution is -2.33. The number of methoxy groups -OCH3 is 1. The Kier molecular flexibility index (Phi) is 4.61. The van der Waals surface area contributed by atoms with Crippen molar-refractivity contribution in [1.29, 1.82) is 0 Å². The smallest absolute Gasteiger partial charge is 0.122 e. The first-order valence-corrected chi connectivity index (χ1v) is 6.80. The van der Waals surface area contributed by atoms with Gasteiger partial charge in [-0.1, -0.05) is 18.2 Å². The van der Waals surface area contributed by atoms with Gasteiger partial charge in [0.05, 0.1) is 7.11 Å². The van der Waals surface area contributed by atoms with Crippen LogP contribution in [0.2, 0.25) is 0 Å². The van der Waals surface area contributed by atoms with Gasteiger partial charge in [-0.3, -0.25) is 4.90 Å². The third kappa shape index (κ3) is 3.03. The van der Waals surface area contributed by atoms with E-state index in [4.69, 9.17) is 10.5 Å². The molecule has 2 N–H and O–H groups in total. The van der Waals surface area contributed by atoms with E-state index in [1.54, 1.807) is 7.11 Å². The second-order valence-electron chi connectivity index (χ2n) is 5.25. The molecule has 1 aliphatic rings. The second-order valence-corrected chi connectivity index (χ2v) is 5.25. The predicted molar refractivity (Wildman–Crippen MR) is 74.9 cm³/mol. The van der Waals surface area contributed by atoms with E-state index in [9.17, 15) is 0 Å². The quantitative estimate of drug-likeness (QED) is 0.865. The van der Waals surface area contributed by atoms with Gasteiger partial charge in [0.2, 0.25) is 0 Å². The molecule has 3 nitrogen and oxygen atoms in total. The Labute approximate surface area is 110 Å². The summed E-state index contributed by atoms with van der Waals surface area (Å²) in [5.41, 5.74) is 7.04. The molecule has 1 heterocycles. The van der Waals surface area contributed by atoms with Crippen LogP contribution in [0.1, 0.15) is 18.9 Å². The maximum atomic E-state index is 5.75. The molecular formula is C15H24N2O. The summed E-state index contributed by atoms with van der Waals surface area (Å²) in [6.45, 7) is 5.44. The number of rotatable bonds is 5. The maximum Gasteiger partial charge on any atom is 0.122 e. The van der Waals surface area contributed by atoms with Crippen LogP contribution >= 0.6 is 0 Å². The average Bonchev–Trinajstić information content (AvgIpc) is 2.88. The zero-order valence-corrected chi connectivity index (χ0v) is 11.4. The molecule has 0 spiro atoms. The maximum absolute atomic E-state index is 5.75. The van der Waals surface area contributed by atoms with E-state index in [0.29, 0.717) is 12.0 Å². The van der Waals surface area contributed by atoms with Crippen molar-refractivity contribution in [3.63, 3.8) is 0 Å². The number of nitrogens with zero attached hydrogens (tertiary/aromatic N) is 1. The van der Waals surface area contributed by atoms with Crippen molar-refractivity contribution in [2.45, 2.75) is 25.8 Å². The summed E-state index contributed by atoms with van der Waals surface area (Å²) in [4.78, 5) is 2.55. The SMILES string of the molecule is COc1ccccc1CC(C)N1CCC(CN)C1. The number of nitrogens with two attached hydrogens (primary N) is 1. The van der Waals surface area contributed by atoms with Crippen molar-refractivity contribution in [2.75, 3.05) is 26.7 Å². The molecule has 0 aromatic heterocycles. The van der Waals surface area contributed by atoms with Gasteiger partial charge >= 0.3 is 0 Å². The van der Waals surface area contributed by atoms with Crippen LogP contribution in [0.5, 0.6) is 5.75 Å². The van der Waals surface area contributed by atoms with E-state index in [0.717, 1.165) is 25.3 Å². The fraction of sp³-hybridized carbons (Fsp3) is 0.600.